The Morgan fingerprint density at radius 1 is 1.56 bits per heavy atom. The molecule has 0 heterocycles. The lowest BCUT2D eigenvalue weighted by molar-refractivity contribution is 0.206. The van der Waals surface area contributed by atoms with E-state index in [0.29, 0.717) is 16.6 Å². The first-order valence-electron chi connectivity index (χ1n) is 4.86. The third-order valence-corrected chi connectivity index (χ3v) is 2.80. The average molecular weight is 259 g/mol. The molecule has 1 rings (SSSR count). The van der Waals surface area contributed by atoms with Gasteiger partial charge in [-0.15, -0.1) is 0 Å². The fourth-order valence-corrected chi connectivity index (χ4v) is 1.97. The molecule has 0 atom stereocenters. The van der Waals surface area contributed by atoms with E-state index in [1.54, 1.807) is 13.2 Å². The van der Waals surface area contributed by atoms with E-state index in [1.807, 2.05) is 24.1 Å². The Hall–Kier alpha value is -0.840. The summed E-state index contributed by atoms with van der Waals surface area (Å²) in [7, 11) is 3.62. The van der Waals surface area contributed by atoms with E-state index in [9.17, 15) is 0 Å². The summed E-state index contributed by atoms with van der Waals surface area (Å²) in [4.78, 5) is 2.33. The number of likely N-dealkylation sites (N-methyl/N-ethyl adjacent to an activating group) is 1. The van der Waals surface area contributed by atoms with Gasteiger partial charge in [-0.25, -0.2) is 0 Å². The quantitative estimate of drug-likeness (QED) is 0.821. The predicted octanol–water partition coefficient (Wildman–Crippen LogP) is 2.06. The molecule has 88 valence electrons. The molecule has 0 spiro atoms. The first kappa shape index (κ1) is 13.2. The number of anilines is 1. The Kier molecular flexibility index (Phi) is 4.99. The molecule has 1 aromatic carbocycles. The van der Waals surface area contributed by atoms with Crippen LogP contribution in [0.15, 0.2) is 18.2 Å². The number of halogens is 1. The number of rotatable bonds is 5. The lowest BCUT2D eigenvalue weighted by Gasteiger charge is -2.22. The number of hydrogen-bond donors (Lipinski definition) is 1. The molecule has 0 aliphatic carbocycles. The summed E-state index contributed by atoms with van der Waals surface area (Å²) in [6.07, 6.45) is 0. The molecular weight excluding hydrogens is 244 g/mol. The molecule has 0 radical (unpaired) electrons. The van der Waals surface area contributed by atoms with Crippen LogP contribution in [0.2, 0.25) is 5.02 Å². The van der Waals surface area contributed by atoms with Gasteiger partial charge in [0.25, 0.3) is 0 Å². The van der Waals surface area contributed by atoms with Gasteiger partial charge in [-0.1, -0.05) is 29.9 Å². The zero-order valence-electron chi connectivity index (χ0n) is 9.37. The second kappa shape index (κ2) is 6.03. The van der Waals surface area contributed by atoms with Crippen LogP contribution in [-0.2, 0) is 4.74 Å². The van der Waals surface area contributed by atoms with Crippen molar-refractivity contribution in [2.75, 3.05) is 32.2 Å². The monoisotopic (exact) mass is 258 g/mol. The fourth-order valence-electron chi connectivity index (χ4n) is 1.42. The summed E-state index contributed by atoms with van der Waals surface area (Å²) in [6, 6.07) is 5.60. The molecule has 1 aromatic rings. The zero-order valence-corrected chi connectivity index (χ0v) is 10.9. The Morgan fingerprint density at radius 3 is 2.81 bits per heavy atom. The minimum absolute atomic E-state index is 0.310. The minimum atomic E-state index is 0.310. The van der Waals surface area contributed by atoms with E-state index in [2.05, 4.69) is 0 Å². The molecular formula is C11H15ClN2OS. The van der Waals surface area contributed by atoms with Gasteiger partial charge in [0.2, 0.25) is 0 Å². The van der Waals surface area contributed by atoms with E-state index in [0.717, 1.165) is 17.8 Å². The largest absolute Gasteiger partial charge is 0.389 e. The summed E-state index contributed by atoms with van der Waals surface area (Å²) < 4.78 is 5.03. The Labute approximate surface area is 106 Å². The minimum Gasteiger partial charge on any atom is -0.389 e. The van der Waals surface area contributed by atoms with Crippen molar-refractivity contribution < 1.29 is 4.74 Å². The molecule has 0 amide bonds. The zero-order chi connectivity index (χ0) is 12.1. The number of nitrogens with two attached hydrogens (primary N) is 1. The standard InChI is InChI=1S/C11H15ClN2OS/c1-14(6-7-15-2)9-5-3-4-8(12)10(9)11(13)16/h3-5H,6-7H2,1-2H3,(H2,13,16). The number of ether oxygens (including phenoxy) is 1. The maximum atomic E-state index is 6.08. The topological polar surface area (TPSA) is 38.5 Å². The summed E-state index contributed by atoms with van der Waals surface area (Å²) in [5.41, 5.74) is 7.32. The lowest BCUT2D eigenvalue weighted by atomic mass is 10.1. The lowest BCUT2D eigenvalue weighted by Crippen LogP contribution is -2.25. The molecule has 3 nitrogen and oxygen atoms in total. The second-order valence-corrected chi connectivity index (χ2v) is 4.26. The SMILES string of the molecule is COCCN(C)c1cccc(Cl)c1C(N)=S. The van der Waals surface area contributed by atoms with Gasteiger partial charge >= 0.3 is 0 Å². The van der Waals surface area contributed by atoms with Crippen molar-refractivity contribution in [3.63, 3.8) is 0 Å². The van der Waals surface area contributed by atoms with E-state index >= 15 is 0 Å². The molecule has 16 heavy (non-hydrogen) atoms. The van der Waals surface area contributed by atoms with Crippen LogP contribution in [-0.4, -0.2) is 32.3 Å². The highest BCUT2D eigenvalue weighted by Gasteiger charge is 2.12. The summed E-state index contributed by atoms with van der Waals surface area (Å²) in [6.45, 7) is 1.40. The van der Waals surface area contributed by atoms with Gasteiger partial charge in [0.1, 0.15) is 4.99 Å². The van der Waals surface area contributed by atoms with Crippen molar-refractivity contribution in [1.29, 1.82) is 0 Å². The van der Waals surface area contributed by atoms with Gasteiger partial charge in [-0.05, 0) is 12.1 Å². The molecule has 0 aromatic heterocycles. The van der Waals surface area contributed by atoms with Crippen molar-refractivity contribution in [3.8, 4) is 0 Å². The molecule has 0 bridgehead atoms. The molecule has 5 heteroatoms. The van der Waals surface area contributed by atoms with Crippen LogP contribution < -0.4 is 10.6 Å². The van der Waals surface area contributed by atoms with Crippen molar-refractivity contribution in [2.24, 2.45) is 5.73 Å². The van der Waals surface area contributed by atoms with E-state index in [4.69, 9.17) is 34.3 Å². The van der Waals surface area contributed by atoms with Crippen molar-refractivity contribution in [2.45, 2.75) is 0 Å². The van der Waals surface area contributed by atoms with Crippen LogP contribution in [0.3, 0.4) is 0 Å². The fraction of sp³-hybridized carbons (Fsp3) is 0.364. The normalized spacial score (nSPS) is 10.2. The van der Waals surface area contributed by atoms with Gasteiger partial charge in [0.15, 0.2) is 0 Å². The smallest absolute Gasteiger partial charge is 0.107 e. The van der Waals surface area contributed by atoms with Gasteiger partial charge < -0.3 is 15.4 Å². The number of hydrogen-bond acceptors (Lipinski definition) is 3. The Morgan fingerprint density at radius 2 is 2.25 bits per heavy atom. The maximum Gasteiger partial charge on any atom is 0.107 e. The third-order valence-electron chi connectivity index (χ3n) is 2.28. The highest BCUT2D eigenvalue weighted by molar-refractivity contribution is 7.80. The maximum absolute atomic E-state index is 6.08. The molecule has 0 saturated heterocycles. The average Bonchev–Trinajstić information content (AvgIpc) is 2.24. The van der Waals surface area contributed by atoms with E-state index in [1.165, 1.54) is 0 Å². The summed E-state index contributed by atoms with van der Waals surface area (Å²) >= 11 is 11.1. The third kappa shape index (κ3) is 3.07. The molecule has 0 aliphatic rings. The predicted molar refractivity (Wildman–Crippen MR) is 72.5 cm³/mol. The van der Waals surface area contributed by atoms with Crippen LogP contribution in [0.25, 0.3) is 0 Å². The molecule has 2 N–H and O–H groups in total. The Balaban J connectivity index is 3.02. The van der Waals surface area contributed by atoms with Crippen molar-refractivity contribution >= 4 is 34.5 Å². The number of benzene rings is 1. The molecule has 0 fully saturated rings. The van der Waals surface area contributed by atoms with Crippen LogP contribution in [0, 0.1) is 0 Å². The summed E-state index contributed by atoms with van der Waals surface area (Å²) in [5.74, 6) is 0. The second-order valence-electron chi connectivity index (χ2n) is 3.41. The van der Waals surface area contributed by atoms with Gasteiger partial charge in [0, 0.05) is 26.4 Å². The molecule has 0 aliphatic heterocycles. The van der Waals surface area contributed by atoms with Gasteiger partial charge in [-0.3, -0.25) is 0 Å². The number of nitrogens with zero attached hydrogens (tertiary/aromatic N) is 1. The summed E-state index contributed by atoms with van der Waals surface area (Å²) in [5, 5.41) is 0.578. The molecule has 0 unspecified atom stereocenters. The van der Waals surface area contributed by atoms with E-state index in [-0.39, 0.29) is 0 Å². The van der Waals surface area contributed by atoms with Crippen LogP contribution >= 0.6 is 23.8 Å². The number of thiocarbonyl (C=S) groups is 1. The van der Waals surface area contributed by atoms with E-state index < -0.39 is 0 Å². The number of methoxy groups -OCH3 is 1. The van der Waals surface area contributed by atoms with Crippen molar-refractivity contribution in [1.82, 2.24) is 0 Å². The highest BCUT2D eigenvalue weighted by Crippen LogP contribution is 2.26. The van der Waals surface area contributed by atoms with Crippen LogP contribution in [0.4, 0.5) is 5.69 Å². The Bertz CT molecular complexity index is 384. The first-order valence-corrected chi connectivity index (χ1v) is 5.65. The van der Waals surface area contributed by atoms with Gasteiger partial charge in [0.05, 0.1) is 17.2 Å². The highest BCUT2D eigenvalue weighted by atomic mass is 35.5. The van der Waals surface area contributed by atoms with Gasteiger partial charge in [-0.2, -0.15) is 0 Å². The van der Waals surface area contributed by atoms with Crippen LogP contribution in [0.5, 0.6) is 0 Å². The van der Waals surface area contributed by atoms with Crippen molar-refractivity contribution in [3.05, 3.63) is 28.8 Å². The van der Waals surface area contributed by atoms with Crippen LogP contribution in [0.1, 0.15) is 5.56 Å². The first-order chi connectivity index (χ1) is 7.57. The molecule has 0 saturated carbocycles.